The molecule has 2 fully saturated rings. The Morgan fingerprint density at radius 1 is 0.565 bits per heavy atom. The van der Waals surface area contributed by atoms with Crippen LogP contribution in [-0.2, 0) is 23.2 Å². The Morgan fingerprint density at radius 2 is 0.957 bits per heavy atom. The maximum atomic E-state index is 3.75. The van der Waals surface area contributed by atoms with Crippen molar-refractivity contribution in [2.45, 2.75) is 127 Å². The SMILES string of the molecule is CC(C)(c1ccccc1)c1cc(CP(C2CCNC2)C2CCNC2)c(CP(C(C)(C)C)C(C)(C)C)cc1C(C)(C)c1ccccc1. The van der Waals surface area contributed by atoms with Crippen LogP contribution in [0.15, 0.2) is 72.8 Å². The van der Waals surface area contributed by atoms with Crippen molar-refractivity contribution in [2.75, 3.05) is 26.2 Å². The van der Waals surface area contributed by atoms with E-state index >= 15 is 0 Å². The summed E-state index contributed by atoms with van der Waals surface area (Å²) in [6.45, 7) is 29.6. The van der Waals surface area contributed by atoms with Crippen molar-refractivity contribution in [1.29, 1.82) is 0 Å². The van der Waals surface area contributed by atoms with Gasteiger partial charge < -0.3 is 10.6 Å². The van der Waals surface area contributed by atoms with E-state index < -0.39 is 0 Å². The highest BCUT2D eigenvalue weighted by atomic mass is 31.1. The van der Waals surface area contributed by atoms with Crippen molar-refractivity contribution in [3.05, 3.63) is 106 Å². The molecule has 3 aromatic carbocycles. The van der Waals surface area contributed by atoms with Crippen molar-refractivity contribution in [1.82, 2.24) is 10.6 Å². The smallest absolute Gasteiger partial charge is 0.0149 e. The van der Waals surface area contributed by atoms with Gasteiger partial charge in [0.15, 0.2) is 0 Å². The molecule has 0 spiro atoms. The first-order valence-corrected chi connectivity index (χ1v) is 21.0. The number of hydrogen-bond acceptors (Lipinski definition) is 2. The van der Waals surface area contributed by atoms with Gasteiger partial charge in [0.25, 0.3) is 0 Å². The van der Waals surface area contributed by atoms with Gasteiger partial charge in [-0.05, 0) is 93.3 Å². The van der Waals surface area contributed by atoms with Crippen molar-refractivity contribution in [3.63, 3.8) is 0 Å². The van der Waals surface area contributed by atoms with Crippen LogP contribution in [0.25, 0.3) is 0 Å². The summed E-state index contributed by atoms with van der Waals surface area (Å²) in [7, 11) is -0.421. The lowest BCUT2D eigenvalue weighted by Crippen LogP contribution is -2.30. The van der Waals surface area contributed by atoms with Crippen LogP contribution in [0.5, 0.6) is 0 Å². The van der Waals surface area contributed by atoms with Crippen molar-refractivity contribution >= 4 is 15.8 Å². The summed E-state index contributed by atoms with van der Waals surface area (Å²) < 4.78 is 0. The molecular formula is C42H62N2P2. The summed E-state index contributed by atoms with van der Waals surface area (Å²) in [5.41, 5.74) is 10.5. The minimum absolute atomic E-state index is 0.124. The molecule has 46 heavy (non-hydrogen) atoms. The van der Waals surface area contributed by atoms with E-state index in [-0.39, 0.29) is 37.0 Å². The fourth-order valence-electron chi connectivity index (χ4n) is 8.29. The molecule has 2 nitrogen and oxygen atoms in total. The second-order valence-corrected chi connectivity index (χ2v) is 23.7. The molecule has 250 valence electrons. The lowest BCUT2D eigenvalue weighted by molar-refractivity contribution is 0.577. The van der Waals surface area contributed by atoms with Gasteiger partial charge in [0.1, 0.15) is 0 Å². The van der Waals surface area contributed by atoms with Gasteiger partial charge in [0, 0.05) is 23.9 Å². The monoisotopic (exact) mass is 656 g/mol. The minimum atomic E-state index is -0.282. The standard InChI is InChI=1S/C42H62N2P2/c1-39(2,3)46(40(4,5)6)30-32-26-38(42(9,10)34-19-15-12-16-20-34)37(41(7,8)33-17-13-11-14-18-33)25-31(32)29-45(35-21-23-43-27-35)36-22-24-44-28-36/h11-20,25-26,35-36,43-44H,21-24,27-30H2,1-10H3. The molecule has 2 N–H and O–H groups in total. The zero-order chi connectivity index (χ0) is 33.3. The fourth-order valence-corrected chi connectivity index (χ4v) is 15.3. The van der Waals surface area contributed by atoms with Gasteiger partial charge in [0.2, 0.25) is 0 Å². The Balaban J connectivity index is 1.75. The maximum Gasteiger partial charge on any atom is 0.0149 e. The lowest BCUT2D eigenvalue weighted by atomic mass is 9.67. The Kier molecular flexibility index (Phi) is 11.0. The Bertz CT molecular complexity index is 1390. The van der Waals surface area contributed by atoms with E-state index in [1.165, 1.54) is 73.6 Å². The number of rotatable bonds is 10. The van der Waals surface area contributed by atoms with Gasteiger partial charge in [-0.1, -0.05) is 158 Å². The lowest BCUT2D eigenvalue weighted by Gasteiger charge is -2.43. The van der Waals surface area contributed by atoms with Gasteiger partial charge in [-0.25, -0.2) is 0 Å². The molecule has 0 aliphatic carbocycles. The van der Waals surface area contributed by atoms with Crippen LogP contribution < -0.4 is 10.6 Å². The summed E-state index contributed by atoms with van der Waals surface area (Å²) in [5, 5.41) is 8.05. The van der Waals surface area contributed by atoms with Crippen molar-refractivity contribution < 1.29 is 0 Å². The first kappa shape index (κ1) is 35.7. The molecule has 0 saturated carbocycles. The second kappa shape index (κ2) is 14.1. The predicted molar refractivity (Wildman–Crippen MR) is 207 cm³/mol. The van der Waals surface area contributed by atoms with Crippen LogP contribution in [0.1, 0.15) is 115 Å². The van der Waals surface area contributed by atoms with Crippen molar-refractivity contribution in [3.8, 4) is 0 Å². The molecule has 2 heterocycles. The van der Waals surface area contributed by atoms with Gasteiger partial charge in [-0.3, -0.25) is 0 Å². The largest absolute Gasteiger partial charge is 0.316 e. The Morgan fingerprint density at radius 3 is 1.30 bits per heavy atom. The minimum Gasteiger partial charge on any atom is -0.316 e. The normalized spacial score (nSPS) is 20.4. The van der Waals surface area contributed by atoms with E-state index in [2.05, 4.69) is 153 Å². The first-order chi connectivity index (χ1) is 21.6. The zero-order valence-corrected chi connectivity index (χ0v) is 32.4. The molecular weight excluding hydrogens is 594 g/mol. The first-order valence-electron chi connectivity index (χ1n) is 17.8. The van der Waals surface area contributed by atoms with E-state index in [0.717, 1.165) is 11.3 Å². The summed E-state index contributed by atoms with van der Waals surface area (Å²) in [6.07, 6.45) is 5.13. The summed E-state index contributed by atoms with van der Waals surface area (Å²) >= 11 is 0. The average molecular weight is 657 g/mol. The highest BCUT2D eigenvalue weighted by molar-refractivity contribution is 7.60. The second-order valence-electron chi connectivity index (χ2n) is 17.0. The Labute approximate surface area is 284 Å². The van der Waals surface area contributed by atoms with Gasteiger partial charge >= 0.3 is 0 Å². The quantitative estimate of drug-likeness (QED) is 0.212. The van der Waals surface area contributed by atoms with Crippen molar-refractivity contribution in [2.24, 2.45) is 0 Å². The topological polar surface area (TPSA) is 24.1 Å². The average Bonchev–Trinajstić information content (AvgIpc) is 3.74. The van der Waals surface area contributed by atoms with E-state index in [4.69, 9.17) is 0 Å². The molecule has 0 radical (unpaired) electrons. The molecule has 3 aromatic rings. The van der Waals surface area contributed by atoms with E-state index in [1.807, 2.05) is 0 Å². The molecule has 2 aliphatic heterocycles. The molecule has 5 rings (SSSR count). The van der Waals surface area contributed by atoms with Gasteiger partial charge in [-0.2, -0.15) is 0 Å². The van der Waals surface area contributed by atoms with Gasteiger partial charge in [-0.15, -0.1) is 0 Å². The predicted octanol–water partition coefficient (Wildman–Crippen LogP) is 10.6. The number of nitrogens with one attached hydrogen (secondary N) is 2. The zero-order valence-electron chi connectivity index (χ0n) is 30.6. The third kappa shape index (κ3) is 7.84. The van der Waals surface area contributed by atoms with Crippen LogP contribution in [0.2, 0.25) is 0 Å². The maximum absolute atomic E-state index is 3.75. The molecule has 2 aliphatic rings. The molecule has 0 bridgehead atoms. The third-order valence-electron chi connectivity index (χ3n) is 11.0. The fraction of sp³-hybridized carbons (Fsp3) is 0.571. The van der Waals surface area contributed by atoms with E-state index in [1.54, 1.807) is 11.1 Å². The number of benzene rings is 3. The van der Waals surface area contributed by atoms with Crippen LogP contribution in [0.4, 0.5) is 0 Å². The molecule has 0 amide bonds. The van der Waals surface area contributed by atoms with Crippen LogP contribution in [-0.4, -0.2) is 47.8 Å². The van der Waals surface area contributed by atoms with Gasteiger partial charge in [0.05, 0.1) is 0 Å². The highest BCUT2D eigenvalue weighted by Crippen LogP contribution is 2.62. The van der Waals surface area contributed by atoms with Crippen LogP contribution in [0, 0.1) is 0 Å². The third-order valence-corrected chi connectivity index (χ3v) is 18.3. The van der Waals surface area contributed by atoms with E-state index in [0.29, 0.717) is 0 Å². The van der Waals surface area contributed by atoms with E-state index in [9.17, 15) is 0 Å². The molecule has 2 saturated heterocycles. The van der Waals surface area contributed by atoms with Crippen LogP contribution in [0.3, 0.4) is 0 Å². The van der Waals surface area contributed by atoms with Crippen LogP contribution >= 0.6 is 15.8 Å². The molecule has 2 unspecified atom stereocenters. The molecule has 4 heteroatoms. The summed E-state index contributed by atoms with van der Waals surface area (Å²) in [5.74, 6) is 0. The summed E-state index contributed by atoms with van der Waals surface area (Å²) in [6, 6.07) is 28.0. The molecule has 0 aromatic heterocycles. The molecule has 2 atom stereocenters. The number of hydrogen-bond donors (Lipinski definition) is 2. The highest BCUT2D eigenvalue weighted by Gasteiger charge is 2.39. The Hall–Kier alpha value is -1.56. The summed E-state index contributed by atoms with van der Waals surface area (Å²) in [4.78, 5) is 0.